The number of carbonyl (C=O) groups is 3. The molecule has 2 aliphatic heterocycles. The van der Waals surface area contributed by atoms with Crippen molar-refractivity contribution in [2.45, 2.75) is 65.3 Å². The minimum atomic E-state index is -0.951. The summed E-state index contributed by atoms with van der Waals surface area (Å²) in [6.07, 6.45) is 2.91. The van der Waals surface area contributed by atoms with Gasteiger partial charge in [-0.2, -0.15) is 0 Å². The first-order valence-corrected chi connectivity index (χ1v) is 13.9. The van der Waals surface area contributed by atoms with Crippen molar-refractivity contribution in [1.82, 2.24) is 14.9 Å². The summed E-state index contributed by atoms with van der Waals surface area (Å²) < 4.78 is 16.6. The lowest BCUT2D eigenvalue weighted by molar-refractivity contribution is -0.188. The number of likely N-dealkylation sites (tertiary alicyclic amines) is 1. The number of hydrogen-bond donors (Lipinski definition) is 1. The van der Waals surface area contributed by atoms with Gasteiger partial charge in [0.2, 0.25) is 18.4 Å². The van der Waals surface area contributed by atoms with E-state index in [0.717, 1.165) is 24.8 Å². The summed E-state index contributed by atoms with van der Waals surface area (Å²) >= 11 is 0. The number of unbranched alkanes of at least 4 members (excludes halogenated alkanes) is 1. The molecule has 218 valence electrons. The van der Waals surface area contributed by atoms with Gasteiger partial charge in [-0.15, -0.1) is 0 Å². The molecule has 1 aromatic carbocycles. The van der Waals surface area contributed by atoms with Gasteiger partial charge in [0.05, 0.1) is 26.2 Å². The Morgan fingerprint density at radius 1 is 1.13 bits per heavy atom. The molecule has 1 N–H and O–H groups in total. The predicted molar refractivity (Wildman–Crippen MR) is 144 cm³/mol. The van der Waals surface area contributed by atoms with E-state index in [1.54, 1.807) is 17.0 Å². The SMILES string of the molecule is CCCCN(OCCC)C(=O)CN1C[C@H](c2cc(OC)c3c(c2)OCO3)C(C(=O)O)[C@@H]1CCN(CC)C(C)=O. The van der Waals surface area contributed by atoms with Crippen molar-refractivity contribution in [2.24, 2.45) is 5.92 Å². The van der Waals surface area contributed by atoms with Crippen LogP contribution in [0.4, 0.5) is 0 Å². The third-order valence-electron chi connectivity index (χ3n) is 7.45. The van der Waals surface area contributed by atoms with Gasteiger partial charge in [-0.1, -0.05) is 20.3 Å². The highest BCUT2D eigenvalue weighted by Gasteiger charge is 2.47. The Morgan fingerprint density at radius 3 is 2.51 bits per heavy atom. The van der Waals surface area contributed by atoms with Crippen LogP contribution in [-0.4, -0.2) is 97.0 Å². The third-order valence-corrected chi connectivity index (χ3v) is 7.45. The van der Waals surface area contributed by atoms with E-state index in [2.05, 4.69) is 6.92 Å². The van der Waals surface area contributed by atoms with E-state index in [-0.39, 0.29) is 25.2 Å². The lowest BCUT2D eigenvalue weighted by Crippen LogP contribution is -2.45. The first kappa shape index (κ1) is 30.5. The monoisotopic (exact) mass is 549 g/mol. The van der Waals surface area contributed by atoms with Gasteiger partial charge in [-0.25, -0.2) is 5.06 Å². The average molecular weight is 550 g/mol. The molecule has 11 nitrogen and oxygen atoms in total. The Balaban J connectivity index is 1.94. The maximum Gasteiger partial charge on any atom is 0.308 e. The number of nitrogens with zero attached hydrogens (tertiary/aromatic N) is 3. The summed E-state index contributed by atoms with van der Waals surface area (Å²) in [5, 5.41) is 11.9. The minimum Gasteiger partial charge on any atom is -0.493 e. The fourth-order valence-corrected chi connectivity index (χ4v) is 5.40. The second kappa shape index (κ2) is 14.4. The van der Waals surface area contributed by atoms with E-state index >= 15 is 0 Å². The topological polar surface area (TPSA) is 118 Å². The fraction of sp³-hybridized carbons (Fsp3) is 0.679. The quantitative estimate of drug-likeness (QED) is 0.329. The van der Waals surface area contributed by atoms with Crippen molar-refractivity contribution < 1.29 is 38.5 Å². The number of benzene rings is 1. The summed E-state index contributed by atoms with van der Waals surface area (Å²) in [5.74, 6) is -0.989. The van der Waals surface area contributed by atoms with Crippen LogP contribution in [-0.2, 0) is 19.2 Å². The lowest BCUT2D eigenvalue weighted by Gasteiger charge is -2.30. The number of amides is 2. The van der Waals surface area contributed by atoms with Crippen molar-refractivity contribution in [1.29, 1.82) is 0 Å². The second-order valence-electron chi connectivity index (χ2n) is 9.99. The van der Waals surface area contributed by atoms with Crippen molar-refractivity contribution in [3.63, 3.8) is 0 Å². The van der Waals surface area contributed by atoms with Crippen molar-refractivity contribution >= 4 is 17.8 Å². The molecule has 0 spiro atoms. The molecule has 1 aromatic rings. The number of methoxy groups -OCH3 is 1. The molecule has 2 amide bonds. The van der Waals surface area contributed by atoms with Crippen molar-refractivity contribution in [3.05, 3.63) is 17.7 Å². The molecule has 11 heteroatoms. The van der Waals surface area contributed by atoms with E-state index in [1.165, 1.54) is 19.1 Å². The highest BCUT2D eigenvalue weighted by molar-refractivity contribution is 5.78. The Hall–Kier alpha value is -3.05. The van der Waals surface area contributed by atoms with Gasteiger partial charge in [0.1, 0.15) is 0 Å². The first-order chi connectivity index (χ1) is 18.7. The number of ether oxygens (including phenoxy) is 3. The van der Waals surface area contributed by atoms with Gasteiger partial charge in [-0.3, -0.25) is 24.1 Å². The van der Waals surface area contributed by atoms with Crippen LogP contribution in [0.5, 0.6) is 17.2 Å². The van der Waals surface area contributed by atoms with E-state index in [1.807, 2.05) is 18.7 Å². The molecule has 2 aliphatic rings. The Kier molecular flexibility index (Phi) is 11.2. The largest absolute Gasteiger partial charge is 0.493 e. The molecule has 1 fully saturated rings. The van der Waals surface area contributed by atoms with Gasteiger partial charge in [0.15, 0.2) is 11.5 Å². The minimum absolute atomic E-state index is 0.0201. The van der Waals surface area contributed by atoms with E-state index in [9.17, 15) is 19.5 Å². The summed E-state index contributed by atoms with van der Waals surface area (Å²) in [5.41, 5.74) is 0.743. The van der Waals surface area contributed by atoms with Crippen LogP contribution in [0, 0.1) is 5.92 Å². The lowest BCUT2D eigenvalue weighted by atomic mass is 9.84. The van der Waals surface area contributed by atoms with Gasteiger partial charge in [0.25, 0.3) is 5.91 Å². The van der Waals surface area contributed by atoms with Gasteiger partial charge in [-0.05, 0) is 43.9 Å². The number of rotatable bonds is 15. The highest BCUT2D eigenvalue weighted by Crippen LogP contribution is 2.47. The van der Waals surface area contributed by atoms with E-state index in [4.69, 9.17) is 19.0 Å². The van der Waals surface area contributed by atoms with E-state index in [0.29, 0.717) is 56.5 Å². The van der Waals surface area contributed by atoms with Crippen molar-refractivity contribution in [2.75, 3.05) is 53.2 Å². The Morgan fingerprint density at radius 2 is 1.90 bits per heavy atom. The Labute approximate surface area is 230 Å². The maximum absolute atomic E-state index is 13.4. The molecule has 0 bridgehead atoms. The number of carboxylic acid groups (broad SMARTS) is 1. The van der Waals surface area contributed by atoms with E-state index < -0.39 is 23.8 Å². The molecule has 2 heterocycles. The van der Waals surface area contributed by atoms with Crippen LogP contribution in [0.2, 0.25) is 0 Å². The molecular formula is C28H43N3O8. The summed E-state index contributed by atoms with van der Waals surface area (Å²) in [4.78, 5) is 47.7. The van der Waals surface area contributed by atoms with Crippen LogP contribution < -0.4 is 14.2 Å². The number of hydrogen-bond acceptors (Lipinski definition) is 8. The number of fused-ring (bicyclic) bond motifs is 1. The van der Waals surface area contributed by atoms with Gasteiger partial charge < -0.3 is 24.2 Å². The average Bonchev–Trinajstić information content (AvgIpc) is 3.53. The zero-order chi connectivity index (χ0) is 28.5. The predicted octanol–water partition coefficient (Wildman–Crippen LogP) is 3.12. The highest BCUT2D eigenvalue weighted by atomic mass is 16.7. The molecular weight excluding hydrogens is 506 g/mol. The maximum atomic E-state index is 13.4. The number of aliphatic carboxylic acids is 1. The summed E-state index contributed by atoms with van der Waals surface area (Å²) in [7, 11) is 1.53. The van der Waals surface area contributed by atoms with Crippen LogP contribution in [0.3, 0.4) is 0 Å². The van der Waals surface area contributed by atoms with Gasteiger partial charge in [0, 0.05) is 45.1 Å². The smallest absolute Gasteiger partial charge is 0.308 e. The first-order valence-electron chi connectivity index (χ1n) is 13.9. The van der Waals surface area contributed by atoms with Gasteiger partial charge >= 0.3 is 5.97 Å². The second-order valence-corrected chi connectivity index (χ2v) is 9.99. The zero-order valence-corrected chi connectivity index (χ0v) is 23.8. The number of carbonyl (C=O) groups excluding carboxylic acids is 2. The normalized spacial score (nSPS) is 20.2. The molecule has 3 atom stereocenters. The summed E-state index contributed by atoms with van der Waals surface area (Å²) in [6.45, 7) is 9.69. The molecule has 1 unspecified atom stereocenters. The third kappa shape index (κ3) is 7.33. The Bertz CT molecular complexity index is 995. The van der Waals surface area contributed by atoms with Crippen molar-refractivity contribution in [3.8, 4) is 17.2 Å². The van der Waals surface area contributed by atoms with Crippen LogP contribution >= 0.6 is 0 Å². The molecule has 0 radical (unpaired) electrons. The standard InChI is InChI=1S/C28H43N3O8/c1-6-9-11-31(39-13-7-2)25(33)17-30-16-21(20-14-23(36-5)27-24(15-20)37-18-38-27)26(28(34)35)22(30)10-12-29(8-3)19(4)32/h14-15,21-22,26H,6-13,16-18H2,1-5H3,(H,34,35)/t21-,22+,26?/m1/s1. The molecule has 0 aliphatic carbocycles. The zero-order valence-electron chi connectivity index (χ0n) is 23.8. The fourth-order valence-electron chi connectivity index (χ4n) is 5.40. The summed E-state index contributed by atoms with van der Waals surface area (Å²) in [6, 6.07) is 3.13. The van der Waals surface area contributed by atoms with Crippen LogP contribution in [0.25, 0.3) is 0 Å². The number of carboxylic acids is 1. The molecule has 1 saturated heterocycles. The van der Waals surface area contributed by atoms with Crippen LogP contribution in [0.1, 0.15) is 64.9 Å². The molecule has 39 heavy (non-hydrogen) atoms. The molecule has 0 saturated carbocycles. The molecule has 0 aromatic heterocycles. The van der Waals surface area contributed by atoms with Crippen LogP contribution in [0.15, 0.2) is 12.1 Å². The number of hydroxylamine groups is 2. The molecule has 3 rings (SSSR count).